The number of benzene rings is 2. The van der Waals surface area contributed by atoms with E-state index in [2.05, 4.69) is 45.0 Å². The molecule has 0 fully saturated rings. The van der Waals surface area contributed by atoms with E-state index >= 15 is 0 Å². The molecule has 1 atom stereocenters. The number of carboxylic acid groups (broad SMARTS) is 1. The van der Waals surface area contributed by atoms with Crippen molar-refractivity contribution in [2.24, 2.45) is 0 Å². The average Bonchev–Trinajstić information content (AvgIpc) is 3.24. The third kappa shape index (κ3) is 5.95. The summed E-state index contributed by atoms with van der Waals surface area (Å²) >= 11 is 1.68. The normalized spacial score (nSPS) is 11.9. The van der Waals surface area contributed by atoms with Gasteiger partial charge in [-0.3, -0.25) is 9.78 Å². The second-order valence-corrected chi connectivity index (χ2v) is 10.1. The molecule has 0 saturated heterocycles. The highest BCUT2D eigenvalue weighted by Gasteiger charge is 2.17. The summed E-state index contributed by atoms with van der Waals surface area (Å²) in [7, 11) is 0. The average molecular weight is 487 g/mol. The lowest BCUT2D eigenvalue weighted by Gasteiger charge is -2.14. The van der Waals surface area contributed by atoms with Crippen molar-refractivity contribution in [1.82, 2.24) is 9.97 Å². The molecule has 2 aromatic carbocycles. The molecule has 0 radical (unpaired) electrons. The number of pyridine rings is 1. The van der Waals surface area contributed by atoms with E-state index in [1.807, 2.05) is 43.5 Å². The van der Waals surface area contributed by atoms with Crippen molar-refractivity contribution in [2.75, 3.05) is 6.61 Å². The van der Waals surface area contributed by atoms with Crippen molar-refractivity contribution in [2.45, 2.75) is 46.5 Å². The first-order chi connectivity index (χ1) is 16.8. The summed E-state index contributed by atoms with van der Waals surface area (Å²) in [5.41, 5.74) is 7.46. The van der Waals surface area contributed by atoms with Gasteiger partial charge in [0.15, 0.2) is 0 Å². The summed E-state index contributed by atoms with van der Waals surface area (Å²) in [5.74, 6) is 0.137. The number of aliphatic carboxylic acids is 1. The van der Waals surface area contributed by atoms with Gasteiger partial charge in [0.2, 0.25) is 0 Å². The van der Waals surface area contributed by atoms with E-state index in [0.717, 1.165) is 44.4 Å². The first-order valence-corrected chi connectivity index (χ1v) is 12.6. The summed E-state index contributed by atoms with van der Waals surface area (Å²) in [4.78, 5) is 21.6. The van der Waals surface area contributed by atoms with Gasteiger partial charge in [0.1, 0.15) is 10.8 Å². The Labute approximate surface area is 210 Å². The van der Waals surface area contributed by atoms with Gasteiger partial charge in [-0.1, -0.05) is 37.3 Å². The van der Waals surface area contributed by atoms with Gasteiger partial charge in [-0.15, -0.1) is 11.3 Å². The van der Waals surface area contributed by atoms with Crippen LogP contribution in [0.3, 0.4) is 0 Å². The van der Waals surface area contributed by atoms with Crippen LogP contribution in [0.4, 0.5) is 0 Å². The van der Waals surface area contributed by atoms with Crippen molar-refractivity contribution >= 4 is 17.3 Å². The van der Waals surface area contributed by atoms with Gasteiger partial charge in [-0.05, 0) is 68.1 Å². The largest absolute Gasteiger partial charge is 0.493 e. The minimum atomic E-state index is -0.783. The summed E-state index contributed by atoms with van der Waals surface area (Å²) in [5, 5.41) is 9.87. The molecule has 1 unspecified atom stereocenters. The van der Waals surface area contributed by atoms with Gasteiger partial charge < -0.3 is 9.84 Å². The predicted octanol–water partition coefficient (Wildman–Crippen LogP) is 7.00. The number of hydrogen-bond donors (Lipinski definition) is 1. The molecular formula is C29H30N2O3S. The second kappa shape index (κ2) is 10.8. The zero-order valence-corrected chi connectivity index (χ0v) is 21.4. The Hall–Kier alpha value is -3.51. The minimum absolute atomic E-state index is 0.131. The number of rotatable bonds is 9. The van der Waals surface area contributed by atoms with Gasteiger partial charge in [-0.2, -0.15) is 0 Å². The van der Waals surface area contributed by atoms with Gasteiger partial charge in [0.05, 0.1) is 18.0 Å². The maximum atomic E-state index is 10.8. The topological polar surface area (TPSA) is 72.3 Å². The number of aryl methyl sites for hydroxylation is 4. The molecule has 0 aliphatic carbocycles. The highest BCUT2D eigenvalue weighted by atomic mass is 32.1. The van der Waals surface area contributed by atoms with Crippen LogP contribution in [0.15, 0.2) is 60.8 Å². The van der Waals surface area contributed by atoms with Crippen LogP contribution in [-0.4, -0.2) is 27.7 Å². The molecule has 5 nitrogen and oxygen atoms in total. The fraction of sp³-hybridized carbons (Fsp3) is 0.276. The van der Waals surface area contributed by atoms with E-state index in [1.54, 1.807) is 11.3 Å². The van der Waals surface area contributed by atoms with Crippen LogP contribution in [-0.2, 0) is 11.2 Å². The highest BCUT2D eigenvalue weighted by molar-refractivity contribution is 7.15. The lowest BCUT2D eigenvalue weighted by Crippen LogP contribution is -2.09. The smallest absolute Gasteiger partial charge is 0.303 e. The summed E-state index contributed by atoms with van der Waals surface area (Å²) in [6.07, 6.45) is 2.56. The van der Waals surface area contributed by atoms with Crippen molar-refractivity contribution < 1.29 is 14.6 Å². The number of hydrogen-bond acceptors (Lipinski definition) is 5. The van der Waals surface area contributed by atoms with Crippen LogP contribution in [0.5, 0.6) is 5.75 Å². The van der Waals surface area contributed by atoms with E-state index in [-0.39, 0.29) is 12.3 Å². The third-order valence-electron chi connectivity index (χ3n) is 6.15. The van der Waals surface area contributed by atoms with Gasteiger partial charge in [-0.25, -0.2) is 4.98 Å². The number of carboxylic acids is 1. The number of aromatic nitrogens is 2. The van der Waals surface area contributed by atoms with E-state index in [0.29, 0.717) is 13.0 Å². The molecule has 2 heterocycles. The van der Waals surface area contributed by atoms with Crippen molar-refractivity contribution in [3.05, 3.63) is 88.1 Å². The molecular weight excluding hydrogens is 456 g/mol. The third-order valence-corrected chi connectivity index (χ3v) is 7.19. The SMILES string of the molecule is Cc1cc(OCC(C)c2nc(-c3ccc(-c4ccccc4C)nc3)sc2C)ccc1CCC(=O)O. The molecule has 4 aromatic rings. The Morgan fingerprint density at radius 2 is 1.86 bits per heavy atom. The van der Waals surface area contributed by atoms with Crippen LogP contribution in [0.25, 0.3) is 21.8 Å². The molecule has 1 N–H and O–H groups in total. The number of carbonyl (C=O) groups is 1. The summed E-state index contributed by atoms with van der Waals surface area (Å²) < 4.78 is 6.07. The molecule has 0 spiro atoms. The van der Waals surface area contributed by atoms with Crippen LogP contribution in [0.1, 0.15) is 46.5 Å². The monoisotopic (exact) mass is 486 g/mol. The van der Waals surface area contributed by atoms with Crippen LogP contribution in [0.2, 0.25) is 0 Å². The first kappa shape index (κ1) is 24.6. The zero-order chi connectivity index (χ0) is 24.9. The standard InChI is InChI=1S/C29H30N2O3S/c1-18-7-5-6-8-25(18)26-13-10-23(16-30-26)29-31-28(21(4)35-29)20(3)17-34-24-12-9-22(19(2)15-24)11-14-27(32)33/h5-10,12-13,15-16,20H,11,14,17H2,1-4H3,(H,32,33). The van der Waals surface area contributed by atoms with Crippen LogP contribution in [0, 0.1) is 20.8 Å². The number of thiazole rings is 1. The Morgan fingerprint density at radius 3 is 2.54 bits per heavy atom. The maximum Gasteiger partial charge on any atom is 0.303 e. The first-order valence-electron chi connectivity index (χ1n) is 11.8. The van der Waals surface area contributed by atoms with Gasteiger partial charge in [0, 0.05) is 34.5 Å². The maximum absolute atomic E-state index is 10.8. The van der Waals surface area contributed by atoms with Crippen LogP contribution >= 0.6 is 11.3 Å². The minimum Gasteiger partial charge on any atom is -0.493 e. The molecule has 6 heteroatoms. The van der Waals surface area contributed by atoms with Crippen molar-refractivity contribution in [1.29, 1.82) is 0 Å². The molecule has 180 valence electrons. The number of nitrogens with zero attached hydrogens (tertiary/aromatic N) is 2. The Kier molecular flexibility index (Phi) is 7.61. The number of ether oxygens (including phenoxy) is 1. The Balaban J connectivity index is 1.42. The van der Waals surface area contributed by atoms with Gasteiger partial charge in [0.25, 0.3) is 0 Å². The van der Waals surface area contributed by atoms with Crippen molar-refractivity contribution in [3.63, 3.8) is 0 Å². The Bertz CT molecular complexity index is 1330. The van der Waals surface area contributed by atoms with Gasteiger partial charge >= 0.3 is 5.97 Å². The van der Waals surface area contributed by atoms with E-state index in [9.17, 15) is 4.79 Å². The molecule has 2 aromatic heterocycles. The van der Waals surface area contributed by atoms with Crippen LogP contribution < -0.4 is 4.74 Å². The van der Waals surface area contributed by atoms with E-state index in [1.165, 1.54) is 10.4 Å². The lowest BCUT2D eigenvalue weighted by molar-refractivity contribution is -0.136. The Morgan fingerprint density at radius 1 is 1.06 bits per heavy atom. The molecule has 4 rings (SSSR count). The quantitative estimate of drug-likeness (QED) is 0.276. The summed E-state index contributed by atoms with van der Waals surface area (Å²) in [6, 6.07) is 18.3. The molecule has 0 saturated carbocycles. The lowest BCUT2D eigenvalue weighted by atomic mass is 10.0. The van der Waals surface area contributed by atoms with E-state index < -0.39 is 5.97 Å². The fourth-order valence-electron chi connectivity index (χ4n) is 4.11. The molecule has 0 bridgehead atoms. The zero-order valence-electron chi connectivity index (χ0n) is 20.5. The molecule has 0 aliphatic heterocycles. The van der Waals surface area contributed by atoms with E-state index in [4.69, 9.17) is 19.8 Å². The van der Waals surface area contributed by atoms with Crippen molar-refractivity contribution in [3.8, 4) is 27.6 Å². The highest BCUT2D eigenvalue weighted by Crippen LogP contribution is 2.32. The molecule has 0 aliphatic rings. The molecule has 0 amide bonds. The second-order valence-electron chi connectivity index (χ2n) is 8.90. The molecule has 35 heavy (non-hydrogen) atoms. The summed E-state index contributed by atoms with van der Waals surface area (Å²) in [6.45, 7) is 8.83. The fourth-order valence-corrected chi connectivity index (χ4v) is 5.13. The predicted molar refractivity (Wildman–Crippen MR) is 141 cm³/mol.